The molecule has 1 aromatic carbocycles. The third-order valence-electron chi connectivity index (χ3n) is 3.97. The van der Waals surface area contributed by atoms with E-state index < -0.39 is 0 Å². The standard InChI is InChI=1S/C17H25NO4/c1-20-14-10-15(21-2)12-16(11-14)22-9-8-18-17(19)13-6-4-3-5-7-13/h10-13H,3-9H2,1-2H3,(H,18,19). The Hall–Kier alpha value is -1.91. The van der Waals surface area contributed by atoms with Crippen molar-refractivity contribution in [3.05, 3.63) is 18.2 Å². The van der Waals surface area contributed by atoms with Gasteiger partial charge in [-0.1, -0.05) is 19.3 Å². The van der Waals surface area contributed by atoms with E-state index in [2.05, 4.69) is 5.32 Å². The minimum absolute atomic E-state index is 0.159. The van der Waals surface area contributed by atoms with E-state index in [1.807, 2.05) is 0 Å². The molecule has 1 amide bonds. The highest BCUT2D eigenvalue weighted by atomic mass is 16.5. The Balaban J connectivity index is 1.75. The van der Waals surface area contributed by atoms with Crippen molar-refractivity contribution in [3.63, 3.8) is 0 Å². The number of hydrogen-bond acceptors (Lipinski definition) is 4. The molecule has 0 spiro atoms. The Morgan fingerprint density at radius 2 is 1.64 bits per heavy atom. The molecule has 5 nitrogen and oxygen atoms in total. The van der Waals surface area contributed by atoms with E-state index in [9.17, 15) is 4.79 Å². The molecule has 1 aliphatic carbocycles. The fraction of sp³-hybridized carbons (Fsp3) is 0.588. The van der Waals surface area contributed by atoms with Gasteiger partial charge in [-0.3, -0.25) is 4.79 Å². The SMILES string of the molecule is COc1cc(OC)cc(OCCNC(=O)C2CCCCC2)c1. The number of carbonyl (C=O) groups excluding carboxylic acids is 1. The molecule has 1 N–H and O–H groups in total. The first-order valence-corrected chi connectivity index (χ1v) is 7.86. The van der Waals surface area contributed by atoms with Crippen LogP contribution in [0.1, 0.15) is 32.1 Å². The van der Waals surface area contributed by atoms with Crippen LogP contribution >= 0.6 is 0 Å². The van der Waals surface area contributed by atoms with E-state index in [0.717, 1.165) is 25.7 Å². The highest BCUT2D eigenvalue weighted by molar-refractivity contribution is 5.78. The predicted octanol–water partition coefficient (Wildman–Crippen LogP) is 2.78. The van der Waals surface area contributed by atoms with E-state index in [-0.39, 0.29) is 11.8 Å². The molecular formula is C17H25NO4. The molecule has 0 bridgehead atoms. The van der Waals surface area contributed by atoms with Crippen molar-refractivity contribution in [2.75, 3.05) is 27.4 Å². The summed E-state index contributed by atoms with van der Waals surface area (Å²) in [4.78, 5) is 12.0. The average Bonchev–Trinajstić information content (AvgIpc) is 2.58. The molecule has 0 radical (unpaired) electrons. The number of amides is 1. The Morgan fingerprint density at radius 1 is 1.05 bits per heavy atom. The molecule has 0 atom stereocenters. The molecule has 122 valence electrons. The van der Waals surface area contributed by atoms with Crippen molar-refractivity contribution < 1.29 is 19.0 Å². The van der Waals surface area contributed by atoms with E-state index in [0.29, 0.717) is 30.4 Å². The maximum atomic E-state index is 12.0. The molecule has 0 unspecified atom stereocenters. The first kappa shape index (κ1) is 16.5. The summed E-state index contributed by atoms with van der Waals surface area (Å²) in [7, 11) is 3.20. The highest BCUT2D eigenvalue weighted by Gasteiger charge is 2.20. The van der Waals surface area contributed by atoms with Crippen molar-refractivity contribution in [1.29, 1.82) is 0 Å². The third-order valence-corrected chi connectivity index (χ3v) is 3.97. The van der Waals surface area contributed by atoms with Crippen molar-refractivity contribution in [3.8, 4) is 17.2 Å². The molecule has 1 fully saturated rings. The molecule has 0 heterocycles. The second kappa shape index (κ2) is 8.51. The summed E-state index contributed by atoms with van der Waals surface area (Å²) in [6.07, 6.45) is 5.61. The molecule has 1 saturated carbocycles. The van der Waals surface area contributed by atoms with Crippen LogP contribution in [0.15, 0.2) is 18.2 Å². The lowest BCUT2D eigenvalue weighted by Crippen LogP contribution is -2.34. The quantitative estimate of drug-likeness (QED) is 0.787. The second-order valence-electron chi connectivity index (χ2n) is 5.52. The number of hydrogen-bond donors (Lipinski definition) is 1. The lowest BCUT2D eigenvalue weighted by molar-refractivity contribution is -0.126. The van der Waals surface area contributed by atoms with Crippen LogP contribution in [0, 0.1) is 5.92 Å². The number of nitrogens with one attached hydrogen (secondary N) is 1. The molecule has 0 aliphatic heterocycles. The van der Waals surface area contributed by atoms with Gasteiger partial charge in [0.05, 0.1) is 20.8 Å². The average molecular weight is 307 g/mol. The van der Waals surface area contributed by atoms with Crippen LogP contribution in [0.25, 0.3) is 0 Å². The van der Waals surface area contributed by atoms with Crippen LogP contribution < -0.4 is 19.5 Å². The molecule has 0 saturated heterocycles. The minimum Gasteiger partial charge on any atom is -0.496 e. The van der Waals surface area contributed by atoms with Gasteiger partial charge in [0, 0.05) is 24.1 Å². The van der Waals surface area contributed by atoms with Gasteiger partial charge in [-0.05, 0) is 12.8 Å². The molecular weight excluding hydrogens is 282 g/mol. The number of rotatable bonds is 7. The van der Waals surface area contributed by atoms with E-state index >= 15 is 0 Å². The lowest BCUT2D eigenvalue weighted by Gasteiger charge is -2.20. The van der Waals surface area contributed by atoms with Gasteiger partial charge >= 0.3 is 0 Å². The number of benzene rings is 1. The summed E-state index contributed by atoms with van der Waals surface area (Å²) < 4.78 is 16.0. The van der Waals surface area contributed by atoms with E-state index in [4.69, 9.17) is 14.2 Å². The molecule has 2 rings (SSSR count). The Labute approximate surface area is 131 Å². The van der Waals surface area contributed by atoms with Crippen LogP contribution in [0.4, 0.5) is 0 Å². The first-order chi connectivity index (χ1) is 10.7. The lowest BCUT2D eigenvalue weighted by atomic mass is 9.89. The third kappa shape index (κ3) is 4.83. The summed E-state index contributed by atoms with van der Waals surface area (Å²) >= 11 is 0. The zero-order valence-corrected chi connectivity index (χ0v) is 13.4. The Kier molecular flexibility index (Phi) is 6.37. The summed E-state index contributed by atoms with van der Waals surface area (Å²) in [5.41, 5.74) is 0. The maximum absolute atomic E-state index is 12.0. The van der Waals surface area contributed by atoms with Crippen LogP contribution in [-0.2, 0) is 4.79 Å². The topological polar surface area (TPSA) is 56.8 Å². The van der Waals surface area contributed by atoms with Gasteiger partial charge in [-0.15, -0.1) is 0 Å². The number of methoxy groups -OCH3 is 2. The Morgan fingerprint density at radius 3 is 2.23 bits per heavy atom. The fourth-order valence-corrected chi connectivity index (χ4v) is 2.72. The smallest absolute Gasteiger partial charge is 0.223 e. The van der Waals surface area contributed by atoms with Crippen LogP contribution in [0.5, 0.6) is 17.2 Å². The van der Waals surface area contributed by atoms with Gasteiger partial charge in [0.25, 0.3) is 0 Å². The van der Waals surface area contributed by atoms with Crippen LogP contribution in [0.2, 0.25) is 0 Å². The summed E-state index contributed by atoms with van der Waals surface area (Å²) in [6, 6.07) is 5.38. The van der Waals surface area contributed by atoms with Gasteiger partial charge < -0.3 is 19.5 Å². The number of ether oxygens (including phenoxy) is 3. The molecule has 1 aromatic rings. The number of carbonyl (C=O) groups is 1. The monoisotopic (exact) mass is 307 g/mol. The first-order valence-electron chi connectivity index (χ1n) is 7.86. The van der Waals surface area contributed by atoms with Gasteiger partial charge in [0.15, 0.2) is 0 Å². The van der Waals surface area contributed by atoms with Crippen molar-refractivity contribution in [1.82, 2.24) is 5.32 Å². The highest BCUT2D eigenvalue weighted by Crippen LogP contribution is 2.27. The molecule has 0 aromatic heterocycles. The Bertz CT molecular complexity index is 461. The fourth-order valence-electron chi connectivity index (χ4n) is 2.72. The maximum Gasteiger partial charge on any atom is 0.223 e. The van der Waals surface area contributed by atoms with Crippen molar-refractivity contribution >= 4 is 5.91 Å². The zero-order valence-electron chi connectivity index (χ0n) is 13.4. The largest absolute Gasteiger partial charge is 0.496 e. The van der Waals surface area contributed by atoms with Gasteiger partial charge in [0.2, 0.25) is 5.91 Å². The van der Waals surface area contributed by atoms with E-state index in [1.54, 1.807) is 32.4 Å². The summed E-state index contributed by atoms with van der Waals surface area (Å²) in [6.45, 7) is 0.934. The van der Waals surface area contributed by atoms with Crippen molar-refractivity contribution in [2.24, 2.45) is 5.92 Å². The van der Waals surface area contributed by atoms with Crippen LogP contribution in [-0.4, -0.2) is 33.3 Å². The zero-order chi connectivity index (χ0) is 15.8. The predicted molar refractivity (Wildman–Crippen MR) is 84.6 cm³/mol. The van der Waals surface area contributed by atoms with Crippen molar-refractivity contribution in [2.45, 2.75) is 32.1 Å². The normalized spacial score (nSPS) is 15.2. The van der Waals surface area contributed by atoms with Gasteiger partial charge in [-0.25, -0.2) is 0 Å². The van der Waals surface area contributed by atoms with Crippen LogP contribution in [0.3, 0.4) is 0 Å². The summed E-state index contributed by atoms with van der Waals surface area (Å²) in [5.74, 6) is 2.38. The second-order valence-corrected chi connectivity index (χ2v) is 5.52. The molecule has 5 heteroatoms. The minimum atomic E-state index is 0.159. The van der Waals surface area contributed by atoms with E-state index in [1.165, 1.54) is 6.42 Å². The van der Waals surface area contributed by atoms with Gasteiger partial charge in [0.1, 0.15) is 23.9 Å². The van der Waals surface area contributed by atoms with Gasteiger partial charge in [-0.2, -0.15) is 0 Å². The summed E-state index contributed by atoms with van der Waals surface area (Å²) in [5, 5.41) is 2.95. The molecule has 22 heavy (non-hydrogen) atoms. The molecule has 1 aliphatic rings.